The number of guanidine groups is 1. The highest BCUT2D eigenvalue weighted by atomic mass is 127. The molecule has 0 amide bonds. The van der Waals surface area contributed by atoms with Crippen LogP contribution < -0.4 is 10.6 Å². The molecular weight excluding hydrogens is 430 g/mol. The fraction of sp³-hybridized carbons (Fsp3) is 0.368. The third-order valence-corrected chi connectivity index (χ3v) is 3.79. The molecule has 2 aromatic rings. The number of hydrogen-bond donors (Lipinski definition) is 2. The van der Waals surface area contributed by atoms with Crippen LogP contribution in [-0.4, -0.2) is 24.0 Å². The van der Waals surface area contributed by atoms with Gasteiger partial charge in [-0.05, 0) is 56.0 Å². The van der Waals surface area contributed by atoms with E-state index in [0.717, 1.165) is 30.1 Å². The number of nitrogens with zero attached hydrogens (tertiary/aromatic N) is 2. The fourth-order valence-electron chi connectivity index (χ4n) is 2.33. The molecular formula is C19H26FIN4. The Bertz CT molecular complexity index is 676. The van der Waals surface area contributed by atoms with E-state index in [1.54, 1.807) is 25.3 Å². The number of hydrogen-bond acceptors (Lipinski definition) is 2. The third kappa shape index (κ3) is 6.97. The molecule has 25 heavy (non-hydrogen) atoms. The molecule has 0 bridgehead atoms. The van der Waals surface area contributed by atoms with Crippen molar-refractivity contribution >= 4 is 29.9 Å². The topological polar surface area (TPSA) is 49.3 Å². The third-order valence-electron chi connectivity index (χ3n) is 3.79. The highest BCUT2D eigenvalue weighted by molar-refractivity contribution is 14.0. The summed E-state index contributed by atoms with van der Waals surface area (Å²) in [5.41, 5.74) is 2.71. The molecule has 0 spiro atoms. The van der Waals surface area contributed by atoms with Gasteiger partial charge in [0.05, 0.1) is 6.04 Å². The molecule has 1 unspecified atom stereocenters. The zero-order valence-electron chi connectivity index (χ0n) is 14.9. The number of aromatic nitrogens is 1. The molecule has 6 heteroatoms. The molecule has 1 atom stereocenters. The summed E-state index contributed by atoms with van der Waals surface area (Å²) in [4.78, 5) is 8.69. The van der Waals surface area contributed by atoms with Crippen LogP contribution in [0.3, 0.4) is 0 Å². The number of aliphatic imine (C=N–C) groups is 1. The van der Waals surface area contributed by atoms with Crippen LogP contribution in [0.2, 0.25) is 0 Å². The van der Waals surface area contributed by atoms with Crippen LogP contribution in [0.4, 0.5) is 4.39 Å². The number of pyridine rings is 1. The minimum Gasteiger partial charge on any atom is -0.357 e. The first kappa shape index (κ1) is 21.3. The van der Waals surface area contributed by atoms with Crippen LogP contribution in [0.25, 0.3) is 0 Å². The molecule has 1 heterocycles. The first-order chi connectivity index (χ1) is 11.6. The maximum atomic E-state index is 13.7. The van der Waals surface area contributed by atoms with Crippen molar-refractivity contribution in [2.45, 2.75) is 33.2 Å². The number of benzene rings is 1. The summed E-state index contributed by atoms with van der Waals surface area (Å²) in [7, 11) is 0. The zero-order valence-corrected chi connectivity index (χ0v) is 17.3. The predicted molar refractivity (Wildman–Crippen MR) is 112 cm³/mol. The SMILES string of the molecule is CCNC(=NCCc1cccnc1)NC(C)c1ccc(C)c(F)c1.I. The molecule has 0 aliphatic carbocycles. The monoisotopic (exact) mass is 456 g/mol. The highest BCUT2D eigenvalue weighted by Crippen LogP contribution is 2.16. The quantitative estimate of drug-likeness (QED) is 0.393. The van der Waals surface area contributed by atoms with Crippen molar-refractivity contribution in [1.29, 1.82) is 0 Å². The van der Waals surface area contributed by atoms with Gasteiger partial charge in [-0.3, -0.25) is 9.98 Å². The average molecular weight is 456 g/mol. The largest absolute Gasteiger partial charge is 0.357 e. The van der Waals surface area contributed by atoms with Crippen molar-refractivity contribution in [3.8, 4) is 0 Å². The second-order valence-electron chi connectivity index (χ2n) is 5.75. The summed E-state index contributed by atoms with van der Waals surface area (Å²) in [6.45, 7) is 7.22. The Labute approximate surface area is 166 Å². The molecule has 1 aromatic heterocycles. The van der Waals surface area contributed by atoms with E-state index in [0.29, 0.717) is 12.1 Å². The average Bonchev–Trinajstić information content (AvgIpc) is 2.58. The lowest BCUT2D eigenvalue weighted by Crippen LogP contribution is -2.38. The Kier molecular flexibility index (Phi) is 9.41. The molecule has 0 saturated carbocycles. The molecule has 0 fully saturated rings. The number of halogens is 2. The van der Waals surface area contributed by atoms with Crippen LogP contribution in [0.15, 0.2) is 47.7 Å². The van der Waals surface area contributed by atoms with E-state index < -0.39 is 0 Å². The van der Waals surface area contributed by atoms with Crippen molar-refractivity contribution in [2.75, 3.05) is 13.1 Å². The van der Waals surface area contributed by atoms with E-state index >= 15 is 0 Å². The lowest BCUT2D eigenvalue weighted by Gasteiger charge is -2.18. The highest BCUT2D eigenvalue weighted by Gasteiger charge is 2.09. The van der Waals surface area contributed by atoms with Gasteiger partial charge in [0, 0.05) is 25.5 Å². The van der Waals surface area contributed by atoms with Crippen molar-refractivity contribution < 1.29 is 4.39 Å². The Hall–Kier alpha value is -1.70. The molecule has 136 valence electrons. The van der Waals surface area contributed by atoms with Crippen LogP contribution in [0, 0.1) is 12.7 Å². The summed E-state index contributed by atoms with van der Waals surface area (Å²) >= 11 is 0. The maximum Gasteiger partial charge on any atom is 0.191 e. The van der Waals surface area contributed by atoms with E-state index in [4.69, 9.17) is 0 Å². The van der Waals surface area contributed by atoms with Crippen LogP contribution >= 0.6 is 24.0 Å². The second kappa shape index (κ2) is 11.0. The maximum absolute atomic E-state index is 13.7. The zero-order chi connectivity index (χ0) is 17.4. The standard InChI is InChI=1S/C19H25FN4.HI/c1-4-22-19(23-11-9-16-6-5-10-21-13-16)24-15(3)17-8-7-14(2)18(20)12-17;/h5-8,10,12-13,15H,4,9,11H2,1-3H3,(H2,22,23,24);1H. The van der Waals surface area contributed by atoms with Crippen molar-refractivity contribution in [3.05, 3.63) is 65.2 Å². The summed E-state index contributed by atoms with van der Waals surface area (Å²) in [6, 6.07) is 9.25. The Balaban J connectivity index is 0.00000312. The number of nitrogens with one attached hydrogen (secondary N) is 2. The van der Waals surface area contributed by atoms with E-state index in [1.807, 2.05) is 38.2 Å². The fourth-order valence-corrected chi connectivity index (χ4v) is 2.33. The van der Waals surface area contributed by atoms with E-state index in [-0.39, 0.29) is 35.8 Å². The molecule has 0 aliphatic rings. The van der Waals surface area contributed by atoms with Gasteiger partial charge < -0.3 is 10.6 Å². The van der Waals surface area contributed by atoms with Gasteiger partial charge in [0.25, 0.3) is 0 Å². The van der Waals surface area contributed by atoms with Gasteiger partial charge in [0.15, 0.2) is 5.96 Å². The Morgan fingerprint density at radius 2 is 2.12 bits per heavy atom. The molecule has 4 nitrogen and oxygen atoms in total. The molecule has 0 saturated heterocycles. The van der Waals surface area contributed by atoms with Crippen LogP contribution in [0.1, 0.15) is 36.6 Å². The number of rotatable bonds is 6. The predicted octanol–water partition coefficient (Wildman–Crippen LogP) is 4.01. The molecule has 2 rings (SSSR count). The Morgan fingerprint density at radius 1 is 1.32 bits per heavy atom. The summed E-state index contributed by atoms with van der Waals surface area (Å²) in [6.07, 6.45) is 4.45. The molecule has 0 radical (unpaired) electrons. The summed E-state index contributed by atoms with van der Waals surface area (Å²) in [5, 5.41) is 6.55. The van der Waals surface area contributed by atoms with Gasteiger partial charge in [-0.15, -0.1) is 24.0 Å². The first-order valence-corrected chi connectivity index (χ1v) is 8.30. The van der Waals surface area contributed by atoms with Gasteiger partial charge in [-0.2, -0.15) is 0 Å². The molecule has 2 N–H and O–H groups in total. The van der Waals surface area contributed by atoms with Crippen LogP contribution in [-0.2, 0) is 6.42 Å². The van der Waals surface area contributed by atoms with Gasteiger partial charge in [-0.25, -0.2) is 4.39 Å². The minimum absolute atomic E-state index is 0. The lowest BCUT2D eigenvalue weighted by molar-refractivity contribution is 0.607. The normalized spacial score (nSPS) is 12.2. The van der Waals surface area contributed by atoms with E-state index in [1.165, 1.54) is 0 Å². The van der Waals surface area contributed by atoms with Gasteiger partial charge >= 0.3 is 0 Å². The van der Waals surface area contributed by atoms with Gasteiger partial charge in [0.2, 0.25) is 0 Å². The Morgan fingerprint density at radius 3 is 2.76 bits per heavy atom. The van der Waals surface area contributed by atoms with Gasteiger partial charge in [-0.1, -0.05) is 18.2 Å². The summed E-state index contributed by atoms with van der Waals surface area (Å²) in [5.74, 6) is 0.551. The summed E-state index contributed by atoms with van der Waals surface area (Å²) < 4.78 is 13.7. The van der Waals surface area contributed by atoms with Crippen molar-refractivity contribution in [3.63, 3.8) is 0 Å². The smallest absolute Gasteiger partial charge is 0.191 e. The van der Waals surface area contributed by atoms with E-state index in [9.17, 15) is 4.39 Å². The molecule has 1 aromatic carbocycles. The number of aryl methyl sites for hydroxylation is 1. The molecule has 0 aliphatic heterocycles. The first-order valence-electron chi connectivity index (χ1n) is 8.30. The minimum atomic E-state index is -0.181. The van der Waals surface area contributed by atoms with Crippen molar-refractivity contribution in [2.24, 2.45) is 4.99 Å². The van der Waals surface area contributed by atoms with E-state index in [2.05, 4.69) is 20.6 Å². The van der Waals surface area contributed by atoms with Gasteiger partial charge in [0.1, 0.15) is 5.82 Å². The van der Waals surface area contributed by atoms with Crippen molar-refractivity contribution in [1.82, 2.24) is 15.6 Å². The lowest BCUT2D eigenvalue weighted by atomic mass is 10.1. The van der Waals surface area contributed by atoms with Crippen LogP contribution in [0.5, 0.6) is 0 Å². The second-order valence-corrected chi connectivity index (χ2v) is 5.75.